The van der Waals surface area contributed by atoms with Crippen molar-refractivity contribution in [1.82, 2.24) is 9.55 Å². The average Bonchev–Trinajstić information content (AvgIpc) is 3.14. The van der Waals surface area contributed by atoms with Gasteiger partial charge in [-0.15, -0.1) is 0 Å². The first kappa shape index (κ1) is 21.5. The summed E-state index contributed by atoms with van der Waals surface area (Å²) in [6, 6.07) is 13.0. The van der Waals surface area contributed by atoms with E-state index >= 15 is 0 Å². The molecule has 1 N–H and O–H groups in total. The van der Waals surface area contributed by atoms with E-state index in [1.54, 1.807) is 55.9 Å². The van der Waals surface area contributed by atoms with Crippen LogP contribution in [0, 0.1) is 5.82 Å². The fraction of sp³-hybridized carbons (Fsp3) is 0.200. The number of pyridine rings is 1. The SMILES string of the molecule is COCOc1cncc2c1c(-c1ccc(C(=O)O)cc1)c(C(C)C)n2-c1ccc(F)cc1. The first-order valence-electron chi connectivity index (χ1n) is 10.2. The van der Waals surface area contributed by atoms with E-state index in [2.05, 4.69) is 18.8 Å². The van der Waals surface area contributed by atoms with Crippen molar-refractivity contribution in [3.8, 4) is 22.6 Å². The molecule has 0 fully saturated rings. The monoisotopic (exact) mass is 434 g/mol. The molecule has 2 heterocycles. The van der Waals surface area contributed by atoms with Gasteiger partial charge in [0.2, 0.25) is 0 Å². The fourth-order valence-electron chi connectivity index (χ4n) is 3.94. The third kappa shape index (κ3) is 3.83. The fourth-order valence-corrected chi connectivity index (χ4v) is 3.94. The summed E-state index contributed by atoms with van der Waals surface area (Å²) in [6.45, 7) is 4.20. The summed E-state index contributed by atoms with van der Waals surface area (Å²) >= 11 is 0. The molecule has 0 spiro atoms. The summed E-state index contributed by atoms with van der Waals surface area (Å²) in [5.74, 6) is -0.674. The van der Waals surface area contributed by atoms with E-state index in [9.17, 15) is 14.3 Å². The number of hydrogen-bond donors (Lipinski definition) is 1. The summed E-state index contributed by atoms with van der Waals surface area (Å²) in [7, 11) is 1.54. The Balaban J connectivity index is 2.09. The molecule has 0 radical (unpaired) electrons. The first-order chi connectivity index (χ1) is 15.4. The van der Waals surface area contributed by atoms with E-state index in [4.69, 9.17) is 9.47 Å². The van der Waals surface area contributed by atoms with E-state index in [1.807, 2.05) is 4.57 Å². The van der Waals surface area contributed by atoms with Crippen LogP contribution in [0.2, 0.25) is 0 Å². The molecule has 0 saturated heterocycles. The van der Waals surface area contributed by atoms with Crippen molar-refractivity contribution in [3.05, 3.63) is 78.0 Å². The number of halogens is 1. The van der Waals surface area contributed by atoms with Gasteiger partial charge in [-0.1, -0.05) is 26.0 Å². The van der Waals surface area contributed by atoms with E-state index in [0.29, 0.717) is 5.75 Å². The number of hydrogen-bond acceptors (Lipinski definition) is 4. The number of nitrogens with zero attached hydrogens (tertiary/aromatic N) is 2. The molecule has 0 aliphatic heterocycles. The van der Waals surface area contributed by atoms with Crippen LogP contribution < -0.4 is 4.74 Å². The van der Waals surface area contributed by atoms with Crippen molar-refractivity contribution in [1.29, 1.82) is 0 Å². The summed E-state index contributed by atoms with van der Waals surface area (Å²) < 4.78 is 26.6. The van der Waals surface area contributed by atoms with Crippen LogP contribution in [0.1, 0.15) is 35.8 Å². The van der Waals surface area contributed by atoms with Crippen LogP contribution in [0.25, 0.3) is 27.7 Å². The molecule has 0 atom stereocenters. The lowest BCUT2D eigenvalue weighted by Crippen LogP contribution is -2.03. The quantitative estimate of drug-likeness (QED) is 0.381. The van der Waals surface area contributed by atoms with Gasteiger partial charge in [0.15, 0.2) is 12.5 Å². The number of aromatic carboxylic acids is 1. The van der Waals surface area contributed by atoms with Gasteiger partial charge in [0.05, 0.1) is 28.9 Å². The Bertz CT molecular complexity index is 1260. The topological polar surface area (TPSA) is 73.6 Å². The highest BCUT2D eigenvalue weighted by Gasteiger charge is 2.25. The van der Waals surface area contributed by atoms with Gasteiger partial charge in [-0.3, -0.25) is 4.98 Å². The van der Waals surface area contributed by atoms with Crippen molar-refractivity contribution in [2.24, 2.45) is 0 Å². The molecular weight excluding hydrogens is 411 g/mol. The summed E-state index contributed by atoms with van der Waals surface area (Å²) in [5.41, 5.74) is 4.53. The lowest BCUT2D eigenvalue weighted by molar-refractivity contribution is 0.0520. The Morgan fingerprint density at radius 1 is 1.09 bits per heavy atom. The van der Waals surface area contributed by atoms with Crippen LogP contribution >= 0.6 is 0 Å². The van der Waals surface area contributed by atoms with Gasteiger partial charge in [-0.05, 0) is 47.9 Å². The zero-order valence-corrected chi connectivity index (χ0v) is 18.0. The largest absolute Gasteiger partial charge is 0.478 e. The van der Waals surface area contributed by atoms with Crippen LogP contribution in [-0.2, 0) is 4.74 Å². The summed E-state index contributed by atoms with van der Waals surface area (Å²) in [4.78, 5) is 15.7. The highest BCUT2D eigenvalue weighted by Crippen LogP contribution is 2.44. The lowest BCUT2D eigenvalue weighted by atomic mass is 9.96. The lowest BCUT2D eigenvalue weighted by Gasteiger charge is -2.16. The third-order valence-electron chi connectivity index (χ3n) is 5.26. The van der Waals surface area contributed by atoms with Gasteiger partial charge in [0.25, 0.3) is 0 Å². The first-order valence-corrected chi connectivity index (χ1v) is 10.2. The van der Waals surface area contributed by atoms with Crippen molar-refractivity contribution >= 4 is 16.9 Å². The Morgan fingerprint density at radius 2 is 1.78 bits per heavy atom. The number of fused-ring (bicyclic) bond motifs is 1. The van der Waals surface area contributed by atoms with Crippen molar-refractivity contribution in [3.63, 3.8) is 0 Å². The molecule has 4 rings (SSSR count). The summed E-state index contributed by atoms with van der Waals surface area (Å²) in [5, 5.41) is 10.1. The van der Waals surface area contributed by atoms with Crippen LogP contribution in [0.5, 0.6) is 5.75 Å². The maximum absolute atomic E-state index is 13.6. The standard InChI is InChI=1S/C25H23FN2O4/c1-15(2)24-22(16-4-6-17(7-5-16)25(29)30)23-20(12-27-13-21(23)32-14-31-3)28(24)19-10-8-18(26)9-11-19/h4-13,15H,14H2,1-3H3,(H,29,30). The molecule has 0 aliphatic rings. The van der Waals surface area contributed by atoms with E-state index in [0.717, 1.165) is 33.4 Å². The zero-order valence-electron chi connectivity index (χ0n) is 18.0. The average molecular weight is 434 g/mol. The number of carboxylic acids is 1. The van der Waals surface area contributed by atoms with Gasteiger partial charge in [-0.25, -0.2) is 9.18 Å². The maximum Gasteiger partial charge on any atom is 0.335 e. The Kier molecular flexibility index (Phi) is 5.92. The normalized spacial score (nSPS) is 11.3. The van der Waals surface area contributed by atoms with Crippen molar-refractivity contribution in [2.45, 2.75) is 19.8 Å². The molecule has 0 bridgehead atoms. The number of carboxylic acid groups (broad SMARTS) is 1. The predicted octanol–water partition coefficient (Wildman–Crippen LogP) is 5.64. The molecule has 0 amide bonds. The van der Waals surface area contributed by atoms with Gasteiger partial charge >= 0.3 is 5.97 Å². The second-order valence-electron chi connectivity index (χ2n) is 7.69. The molecule has 2 aromatic carbocycles. The number of rotatable bonds is 7. The molecule has 7 heteroatoms. The zero-order chi connectivity index (χ0) is 22.8. The molecule has 4 aromatic rings. The van der Waals surface area contributed by atoms with E-state index < -0.39 is 5.97 Å². The number of carbonyl (C=O) groups is 1. The molecule has 0 unspecified atom stereocenters. The number of ether oxygens (including phenoxy) is 2. The molecule has 6 nitrogen and oxygen atoms in total. The minimum absolute atomic E-state index is 0.0525. The Morgan fingerprint density at radius 3 is 2.38 bits per heavy atom. The minimum Gasteiger partial charge on any atom is -0.478 e. The van der Waals surface area contributed by atoms with E-state index in [1.165, 1.54) is 12.1 Å². The van der Waals surface area contributed by atoms with Crippen molar-refractivity contribution < 1.29 is 23.8 Å². The molecule has 32 heavy (non-hydrogen) atoms. The van der Waals surface area contributed by atoms with Crippen LogP contribution in [0.15, 0.2) is 60.9 Å². The third-order valence-corrected chi connectivity index (χ3v) is 5.26. The molecular formula is C25H23FN2O4. The Labute approximate surface area is 184 Å². The van der Waals surface area contributed by atoms with Gasteiger partial charge in [-0.2, -0.15) is 0 Å². The van der Waals surface area contributed by atoms with E-state index in [-0.39, 0.29) is 24.1 Å². The Hall–Kier alpha value is -3.71. The second kappa shape index (κ2) is 8.80. The van der Waals surface area contributed by atoms with Gasteiger partial charge in [0, 0.05) is 24.1 Å². The number of aromatic nitrogens is 2. The van der Waals surface area contributed by atoms with Gasteiger partial charge in [0.1, 0.15) is 5.82 Å². The highest BCUT2D eigenvalue weighted by atomic mass is 19.1. The minimum atomic E-state index is -0.984. The second-order valence-corrected chi connectivity index (χ2v) is 7.69. The van der Waals surface area contributed by atoms with Crippen LogP contribution in [-0.4, -0.2) is 34.5 Å². The molecule has 2 aromatic heterocycles. The van der Waals surface area contributed by atoms with Crippen molar-refractivity contribution in [2.75, 3.05) is 13.9 Å². The van der Waals surface area contributed by atoms with Crippen LogP contribution in [0.3, 0.4) is 0 Å². The van der Waals surface area contributed by atoms with Gasteiger partial charge < -0.3 is 19.1 Å². The predicted molar refractivity (Wildman–Crippen MR) is 120 cm³/mol. The van der Waals surface area contributed by atoms with Crippen LogP contribution in [0.4, 0.5) is 4.39 Å². The highest BCUT2D eigenvalue weighted by molar-refractivity contribution is 6.03. The molecule has 164 valence electrons. The number of methoxy groups -OCH3 is 1. The smallest absolute Gasteiger partial charge is 0.335 e. The maximum atomic E-state index is 13.6. The molecule has 0 saturated carbocycles. The molecule has 0 aliphatic carbocycles. The number of benzene rings is 2. The summed E-state index contributed by atoms with van der Waals surface area (Å²) in [6.07, 6.45) is 3.38.